The van der Waals surface area contributed by atoms with E-state index >= 15 is 0 Å². The zero-order chi connectivity index (χ0) is 12.3. The summed E-state index contributed by atoms with van der Waals surface area (Å²) in [5.74, 6) is -1.22. The first-order valence-electron chi connectivity index (χ1n) is 5.60. The number of aliphatic hydroxyl groups is 1. The Bertz CT molecular complexity index is 381. The molecule has 1 N–H and O–H groups in total. The highest BCUT2D eigenvalue weighted by atomic mass is 19.1. The fraction of sp³-hybridized carbons (Fsp3) is 0.500. The number of nitrogens with zero attached hydrogens (tertiary/aromatic N) is 1. The Morgan fingerprint density at radius 3 is 2.59 bits per heavy atom. The van der Waals surface area contributed by atoms with Crippen LogP contribution in [0.4, 0.5) is 8.78 Å². The van der Waals surface area contributed by atoms with E-state index in [0.717, 1.165) is 6.07 Å². The molecule has 0 bridgehead atoms. The summed E-state index contributed by atoms with van der Waals surface area (Å²) < 4.78 is 31.7. The number of hydrogen-bond acceptors (Lipinski definition) is 3. The number of morpholine rings is 1. The zero-order valence-corrected chi connectivity index (χ0v) is 9.40. The molecule has 1 aromatic rings. The van der Waals surface area contributed by atoms with E-state index in [4.69, 9.17) is 4.74 Å². The minimum Gasteiger partial charge on any atom is -0.394 e. The molecule has 0 aliphatic carbocycles. The first-order valence-corrected chi connectivity index (χ1v) is 5.60. The number of rotatable bonds is 3. The minimum atomic E-state index is -0.615. The first-order chi connectivity index (χ1) is 8.22. The largest absolute Gasteiger partial charge is 0.394 e. The molecule has 1 aliphatic heterocycles. The average Bonchev–Trinajstić information content (AvgIpc) is 2.34. The van der Waals surface area contributed by atoms with Gasteiger partial charge in [-0.2, -0.15) is 0 Å². The SMILES string of the molecule is OC[C@H](c1ccc(F)cc1F)N1CCOCC1. The van der Waals surface area contributed by atoms with Crippen molar-refractivity contribution in [1.29, 1.82) is 0 Å². The van der Waals surface area contributed by atoms with Crippen molar-refractivity contribution in [2.24, 2.45) is 0 Å². The quantitative estimate of drug-likeness (QED) is 0.869. The van der Waals surface area contributed by atoms with Crippen LogP contribution >= 0.6 is 0 Å². The Kier molecular flexibility index (Phi) is 4.04. The van der Waals surface area contributed by atoms with Crippen molar-refractivity contribution in [3.63, 3.8) is 0 Å². The van der Waals surface area contributed by atoms with Crippen LogP contribution in [0.1, 0.15) is 11.6 Å². The van der Waals surface area contributed by atoms with E-state index < -0.39 is 17.7 Å². The fourth-order valence-corrected chi connectivity index (χ4v) is 2.07. The van der Waals surface area contributed by atoms with Gasteiger partial charge in [0.2, 0.25) is 0 Å². The van der Waals surface area contributed by atoms with Crippen LogP contribution in [-0.2, 0) is 4.74 Å². The highest BCUT2D eigenvalue weighted by molar-refractivity contribution is 5.22. The third-order valence-electron chi connectivity index (χ3n) is 2.98. The molecule has 3 nitrogen and oxygen atoms in total. The van der Waals surface area contributed by atoms with E-state index in [1.54, 1.807) is 0 Å². The van der Waals surface area contributed by atoms with Crippen molar-refractivity contribution in [3.05, 3.63) is 35.4 Å². The van der Waals surface area contributed by atoms with Gasteiger partial charge in [-0.3, -0.25) is 4.90 Å². The van der Waals surface area contributed by atoms with E-state index in [0.29, 0.717) is 31.9 Å². The number of hydrogen-bond donors (Lipinski definition) is 1. The van der Waals surface area contributed by atoms with Gasteiger partial charge >= 0.3 is 0 Å². The molecule has 1 aromatic carbocycles. The van der Waals surface area contributed by atoms with Gasteiger partial charge in [0.05, 0.1) is 25.9 Å². The van der Waals surface area contributed by atoms with Gasteiger partial charge in [-0.1, -0.05) is 6.07 Å². The lowest BCUT2D eigenvalue weighted by atomic mass is 10.0. The summed E-state index contributed by atoms with van der Waals surface area (Å²) in [5, 5.41) is 9.38. The minimum absolute atomic E-state index is 0.192. The smallest absolute Gasteiger partial charge is 0.130 e. The third kappa shape index (κ3) is 2.80. The number of halogens is 2. The molecular weight excluding hydrogens is 228 g/mol. The second kappa shape index (κ2) is 5.53. The lowest BCUT2D eigenvalue weighted by molar-refractivity contribution is 0.00171. The van der Waals surface area contributed by atoms with Crippen LogP contribution in [0, 0.1) is 11.6 Å². The molecule has 0 spiro atoms. The normalized spacial score (nSPS) is 19.2. The molecule has 1 aliphatic rings. The standard InChI is InChI=1S/C12H15F2NO2/c13-9-1-2-10(11(14)7-9)12(8-16)15-3-5-17-6-4-15/h1-2,7,12,16H,3-6,8H2/t12-/m1/s1. The van der Waals surface area contributed by atoms with E-state index in [9.17, 15) is 13.9 Å². The van der Waals surface area contributed by atoms with Crippen molar-refractivity contribution in [3.8, 4) is 0 Å². The summed E-state index contributed by atoms with van der Waals surface area (Å²) in [6, 6.07) is 3.01. The summed E-state index contributed by atoms with van der Waals surface area (Å²) in [6.07, 6.45) is 0. The van der Waals surface area contributed by atoms with Gasteiger partial charge in [0.1, 0.15) is 11.6 Å². The van der Waals surface area contributed by atoms with Gasteiger partial charge in [-0.15, -0.1) is 0 Å². The molecule has 1 saturated heterocycles. The van der Waals surface area contributed by atoms with Crippen LogP contribution in [0.3, 0.4) is 0 Å². The van der Waals surface area contributed by atoms with Crippen molar-refractivity contribution in [2.45, 2.75) is 6.04 Å². The predicted octanol–water partition coefficient (Wildman–Crippen LogP) is 1.33. The van der Waals surface area contributed by atoms with Crippen molar-refractivity contribution < 1.29 is 18.6 Å². The highest BCUT2D eigenvalue weighted by Gasteiger charge is 2.24. The molecule has 5 heteroatoms. The third-order valence-corrected chi connectivity index (χ3v) is 2.98. The van der Waals surface area contributed by atoms with Crippen LogP contribution in [0.5, 0.6) is 0 Å². The topological polar surface area (TPSA) is 32.7 Å². The molecule has 0 saturated carbocycles. The molecule has 0 aromatic heterocycles. The molecule has 0 unspecified atom stereocenters. The van der Waals surface area contributed by atoms with Gasteiger partial charge < -0.3 is 9.84 Å². The molecule has 94 valence electrons. The number of benzene rings is 1. The van der Waals surface area contributed by atoms with Gasteiger partial charge in [0, 0.05) is 24.7 Å². The van der Waals surface area contributed by atoms with Gasteiger partial charge in [0.15, 0.2) is 0 Å². The van der Waals surface area contributed by atoms with E-state index in [2.05, 4.69) is 0 Å². The molecule has 0 radical (unpaired) electrons. The first kappa shape index (κ1) is 12.4. The molecule has 0 amide bonds. The van der Waals surface area contributed by atoms with Crippen LogP contribution < -0.4 is 0 Å². The molecular formula is C12H15F2NO2. The Hall–Kier alpha value is -1.04. The lowest BCUT2D eigenvalue weighted by Gasteiger charge is -2.33. The summed E-state index contributed by atoms with van der Waals surface area (Å²) >= 11 is 0. The van der Waals surface area contributed by atoms with Gasteiger partial charge in [-0.25, -0.2) is 8.78 Å². The molecule has 1 atom stereocenters. The average molecular weight is 243 g/mol. The maximum absolute atomic E-state index is 13.6. The fourth-order valence-electron chi connectivity index (χ4n) is 2.07. The van der Waals surface area contributed by atoms with E-state index in [-0.39, 0.29) is 6.61 Å². The van der Waals surface area contributed by atoms with Crippen LogP contribution in [-0.4, -0.2) is 42.9 Å². The molecule has 17 heavy (non-hydrogen) atoms. The van der Waals surface area contributed by atoms with Crippen molar-refractivity contribution >= 4 is 0 Å². The van der Waals surface area contributed by atoms with Crippen LogP contribution in [0.15, 0.2) is 18.2 Å². The number of ether oxygens (including phenoxy) is 1. The summed E-state index contributed by atoms with van der Waals surface area (Å²) in [7, 11) is 0. The van der Waals surface area contributed by atoms with Gasteiger partial charge in [-0.05, 0) is 6.07 Å². The molecule has 1 fully saturated rings. The molecule has 1 heterocycles. The lowest BCUT2D eigenvalue weighted by Crippen LogP contribution is -2.40. The summed E-state index contributed by atoms with van der Waals surface area (Å²) in [6.45, 7) is 2.23. The summed E-state index contributed by atoms with van der Waals surface area (Å²) in [5.41, 5.74) is 0.329. The maximum Gasteiger partial charge on any atom is 0.130 e. The van der Waals surface area contributed by atoms with E-state index in [1.165, 1.54) is 12.1 Å². The predicted molar refractivity (Wildman–Crippen MR) is 58.6 cm³/mol. The monoisotopic (exact) mass is 243 g/mol. The summed E-state index contributed by atoms with van der Waals surface area (Å²) in [4.78, 5) is 1.94. The van der Waals surface area contributed by atoms with Crippen molar-refractivity contribution in [2.75, 3.05) is 32.9 Å². The second-order valence-corrected chi connectivity index (χ2v) is 4.01. The zero-order valence-electron chi connectivity index (χ0n) is 9.40. The van der Waals surface area contributed by atoms with Crippen molar-refractivity contribution in [1.82, 2.24) is 4.90 Å². The van der Waals surface area contributed by atoms with Crippen LogP contribution in [0.25, 0.3) is 0 Å². The maximum atomic E-state index is 13.6. The van der Waals surface area contributed by atoms with Gasteiger partial charge in [0.25, 0.3) is 0 Å². The Labute approximate surface area is 98.6 Å². The highest BCUT2D eigenvalue weighted by Crippen LogP contribution is 2.24. The Morgan fingerprint density at radius 2 is 2.00 bits per heavy atom. The van der Waals surface area contributed by atoms with Crippen LogP contribution in [0.2, 0.25) is 0 Å². The Morgan fingerprint density at radius 1 is 1.29 bits per heavy atom. The Balaban J connectivity index is 2.21. The molecule has 2 rings (SSSR count). The second-order valence-electron chi connectivity index (χ2n) is 4.01. The number of aliphatic hydroxyl groups excluding tert-OH is 1. The van der Waals surface area contributed by atoms with E-state index in [1.807, 2.05) is 4.90 Å².